The van der Waals surface area contributed by atoms with Crippen molar-refractivity contribution in [1.29, 1.82) is 0 Å². The first-order valence-electron chi connectivity index (χ1n) is 6.35. The second-order valence-corrected chi connectivity index (χ2v) is 4.36. The van der Waals surface area contributed by atoms with Crippen LogP contribution in [0.5, 0.6) is 0 Å². The summed E-state index contributed by atoms with van der Waals surface area (Å²) in [6.45, 7) is 7.65. The molecule has 2 rings (SSSR count). The number of carbonyl (C=O) groups excluding carboxylic acids is 1. The van der Waals surface area contributed by atoms with E-state index in [0.29, 0.717) is 31.5 Å². The van der Waals surface area contributed by atoms with Gasteiger partial charge in [-0.1, -0.05) is 0 Å². The number of anilines is 1. The largest absolute Gasteiger partial charge is 0.382 e. The fourth-order valence-electron chi connectivity index (χ4n) is 1.94. The molecule has 0 fully saturated rings. The molecule has 0 saturated carbocycles. The number of hydrogen-bond acceptors (Lipinski definition) is 4. The first kappa shape index (κ1) is 13.3. The van der Waals surface area contributed by atoms with E-state index in [2.05, 4.69) is 25.6 Å². The van der Waals surface area contributed by atoms with Crippen molar-refractivity contribution in [3.8, 4) is 0 Å². The smallest absolute Gasteiger partial charge is 0.325 e. The lowest BCUT2D eigenvalue weighted by molar-refractivity contribution is -0.444. The minimum Gasteiger partial charge on any atom is -0.325 e. The van der Waals surface area contributed by atoms with Crippen LogP contribution in [0.2, 0.25) is 0 Å². The van der Waals surface area contributed by atoms with Gasteiger partial charge in [0.25, 0.3) is 5.95 Å². The summed E-state index contributed by atoms with van der Waals surface area (Å²) < 4.78 is 0. The number of aromatic nitrogens is 2. The van der Waals surface area contributed by atoms with Crippen LogP contribution < -0.4 is 15.6 Å². The Morgan fingerprint density at radius 1 is 1.42 bits per heavy atom. The van der Waals surface area contributed by atoms with Gasteiger partial charge in [-0.2, -0.15) is 4.90 Å². The van der Waals surface area contributed by atoms with Crippen molar-refractivity contribution in [2.75, 3.05) is 25.0 Å². The van der Waals surface area contributed by atoms with Crippen LogP contribution in [-0.2, 0) is 0 Å². The molecule has 19 heavy (non-hydrogen) atoms. The van der Waals surface area contributed by atoms with Crippen molar-refractivity contribution >= 4 is 17.9 Å². The predicted octanol–water partition coefficient (Wildman–Crippen LogP) is -1.01. The van der Waals surface area contributed by atoms with E-state index < -0.39 is 0 Å². The summed E-state index contributed by atoms with van der Waals surface area (Å²) in [7, 11) is 0. The summed E-state index contributed by atoms with van der Waals surface area (Å²) in [4.78, 5) is 25.2. The van der Waals surface area contributed by atoms with E-state index in [1.54, 1.807) is 4.90 Å². The number of guanidine groups is 1. The summed E-state index contributed by atoms with van der Waals surface area (Å²) >= 11 is 0. The van der Waals surface area contributed by atoms with Gasteiger partial charge in [0.05, 0.1) is 6.54 Å². The molecule has 1 aliphatic heterocycles. The van der Waals surface area contributed by atoms with Crippen LogP contribution in [0, 0.1) is 13.8 Å². The molecule has 2 amide bonds. The summed E-state index contributed by atoms with van der Waals surface area (Å²) in [5.41, 5.74) is 1.77. The summed E-state index contributed by atoms with van der Waals surface area (Å²) in [5.74, 6) is 1.12. The molecular formula is C12H19N6O+. The first-order chi connectivity index (χ1) is 9.10. The number of amides is 2. The molecule has 3 N–H and O–H groups in total. The predicted molar refractivity (Wildman–Crippen MR) is 71.7 cm³/mol. The molecular weight excluding hydrogens is 244 g/mol. The molecule has 0 aliphatic carbocycles. The molecule has 0 atom stereocenters. The van der Waals surface area contributed by atoms with Crippen LogP contribution in [0.4, 0.5) is 10.7 Å². The second-order valence-electron chi connectivity index (χ2n) is 4.36. The molecule has 7 heteroatoms. The highest BCUT2D eigenvalue weighted by Crippen LogP contribution is 2.04. The van der Waals surface area contributed by atoms with E-state index in [0.717, 1.165) is 11.4 Å². The van der Waals surface area contributed by atoms with Crippen LogP contribution in [0.25, 0.3) is 0 Å². The standard InChI is InChI=1S/C12H18N6O/c1-4-13-12(19)18-6-5-14-11(18)17-10-15-8(2)7-9(3)16-10/h7H,4-6H2,1-3H3,(H,13,19)(H,14,15,16,17)/p+1. The summed E-state index contributed by atoms with van der Waals surface area (Å²) in [5, 5.41) is 5.83. The van der Waals surface area contributed by atoms with Gasteiger partial charge < -0.3 is 5.32 Å². The Kier molecular flexibility index (Phi) is 3.94. The fourth-order valence-corrected chi connectivity index (χ4v) is 1.94. The van der Waals surface area contributed by atoms with Gasteiger partial charge in [-0.3, -0.25) is 4.99 Å². The molecule has 1 aliphatic rings. The van der Waals surface area contributed by atoms with Gasteiger partial charge in [0.15, 0.2) is 0 Å². The third-order valence-electron chi connectivity index (χ3n) is 2.68. The summed E-state index contributed by atoms with van der Waals surface area (Å²) in [6.07, 6.45) is 0. The maximum absolute atomic E-state index is 11.9. The van der Waals surface area contributed by atoms with Crippen LogP contribution >= 0.6 is 0 Å². The number of hydrogen-bond donors (Lipinski definition) is 3. The molecule has 0 bridgehead atoms. The lowest BCUT2D eigenvalue weighted by Crippen LogP contribution is -2.73. The summed E-state index contributed by atoms with van der Waals surface area (Å²) in [6, 6.07) is 1.78. The lowest BCUT2D eigenvalue weighted by Gasteiger charge is -2.11. The molecule has 0 saturated heterocycles. The third kappa shape index (κ3) is 3.18. The first-order valence-corrected chi connectivity index (χ1v) is 6.35. The van der Waals surface area contributed by atoms with Gasteiger partial charge in [0, 0.05) is 17.9 Å². The van der Waals surface area contributed by atoms with Gasteiger partial charge >= 0.3 is 12.0 Å². The number of rotatable bonds is 2. The Hall–Kier alpha value is -2.18. The molecule has 0 spiro atoms. The lowest BCUT2D eigenvalue weighted by atomic mass is 10.4. The number of nitrogens with zero attached hydrogens (tertiary/aromatic N) is 3. The van der Waals surface area contributed by atoms with E-state index in [4.69, 9.17) is 0 Å². The normalized spacial score (nSPS) is 14.3. The van der Waals surface area contributed by atoms with Gasteiger partial charge in [-0.05, 0) is 26.8 Å². The maximum atomic E-state index is 11.9. The highest BCUT2D eigenvalue weighted by atomic mass is 16.2. The minimum atomic E-state index is -0.126. The molecule has 7 nitrogen and oxygen atoms in total. The zero-order chi connectivity index (χ0) is 13.8. The van der Waals surface area contributed by atoms with Crippen molar-refractivity contribution < 1.29 is 9.79 Å². The Morgan fingerprint density at radius 2 is 2.11 bits per heavy atom. The molecule has 1 aromatic rings. The van der Waals surface area contributed by atoms with E-state index in [1.165, 1.54) is 0 Å². The Labute approximate surface area is 112 Å². The minimum absolute atomic E-state index is 0.126. The quantitative estimate of drug-likeness (QED) is 0.638. The molecule has 2 heterocycles. The van der Waals surface area contributed by atoms with Crippen molar-refractivity contribution in [2.24, 2.45) is 0 Å². The van der Waals surface area contributed by atoms with E-state index in [-0.39, 0.29) is 6.03 Å². The number of aryl methyl sites for hydroxylation is 2. The zero-order valence-electron chi connectivity index (χ0n) is 11.4. The van der Waals surface area contributed by atoms with Crippen molar-refractivity contribution in [3.63, 3.8) is 0 Å². The second kappa shape index (κ2) is 5.64. The Morgan fingerprint density at radius 3 is 2.74 bits per heavy atom. The van der Waals surface area contributed by atoms with Crippen LogP contribution in [-0.4, -0.2) is 46.5 Å². The SMILES string of the molecule is CCNC(=O)N1CC[NH+]=C1Nc1nc(C)cc(C)n1. The van der Waals surface area contributed by atoms with Crippen molar-refractivity contribution in [2.45, 2.75) is 20.8 Å². The molecule has 1 aromatic heterocycles. The molecule has 0 unspecified atom stereocenters. The number of nitrogens with one attached hydrogen (secondary N) is 3. The van der Waals surface area contributed by atoms with Gasteiger partial charge in [0.1, 0.15) is 6.54 Å². The highest BCUT2D eigenvalue weighted by Gasteiger charge is 2.31. The van der Waals surface area contributed by atoms with Crippen molar-refractivity contribution in [1.82, 2.24) is 20.2 Å². The van der Waals surface area contributed by atoms with Crippen molar-refractivity contribution in [3.05, 3.63) is 17.5 Å². The molecule has 102 valence electrons. The highest BCUT2D eigenvalue weighted by molar-refractivity contribution is 6.00. The average molecular weight is 263 g/mol. The Bertz CT molecular complexity index is 493. The molecule has 0 radical (unpaired) electrons. The van der Waals surface area contributed by atoms with Crippen LogP contribution in [0.1, 0.15) is 18.3 Å². The van der Waals surface area contributed by atoms with Crippen LogP contribution in [0.3, 0.4) is 0 Å². The van der Waals surface area contributed by atoms with Gasteiger partial charge in [0.2, 0.25) is 0 Å². The zero-order valence-corrected chi connectivity index (χ0v) is 11.4. The van der Waals surface area contributed by atoms with E-state index >= 15 is 0 Å². The van der Waals surface area contributed by atoms with Crippen LogP contribution in [0.15, 0.2) is 6.07 Å². The monoisotopic (exact) mass is 263 g/mol. The Balaban J connectivity index is 2.11. The number of urea groups is 1. The fraction of sp³-hybridized carbons (Fsp3) is 0.500. The average Bonchev–Trinajstić information content (AvgIpc) is 2.76. The number of carbonyl (C=O) groups is 1. The van der Waals surface area contributed by atoms with E-state index in [9.17, 15) is 4.79 Å². The third-order valence-corrected chi connectivity index (χ3v) is 2.68. The van der Waals surface area contributed by atoms with E-state index in [1.807, 2.05) is 26.8 Å². The topological polar surface area (TPSA) is 84.1 Å². The van der Waals surface area contributed by atoms with Gasteiger partial charge in [-0.25, -0.2) is 20.1 Å². The molecule has 0 aromatic carbocycles. The maximum Gasteiger partial charge on any atom is 0.382 e. The van der Waals surface area contributed by atoms with Gasteiger partial charge in [-0.15, -0.1) is 0 Å².